The van der Waals surface area contributed by atoms with E-state index >= 15 is 0 Å². The lowest BCUT2D eigenvalue weighted by molar-refractivity contribution is 0.103. The van der Waals surface area contributed by atoms with E-state index in [1.54, 1.807) is 43.3 Å². The zero-order chi connectivity index (χ0) is 12.8. The van der Waals surface area contributed by atoms with E-state index < -0.39 is 5.78 Å². The number of carbonyl (C=O) groups is 1. The second-order valence-electron chi connectivity index (χ2n) is 3.88. The largest absolute Gasteiger partial charge is 0.511 e. The first-order valence-electron chi connectivity index (χ1n) is 5.54. The fourth-order valence-electron chi connectivity index (χ4n) is 1.40. The lowest BCUT2D eigenvalue weighted by Crippen LogP contribution is -2.09. The van der Waals surface area contributed by atoms with Crippen LogP contribution in [0.2, 0.25) is 0 Å². The normalized spacial score (nSPS) is 13.5. The molecule has 0 saturated heterocycles. The van der Waals surface area contributed by atoms with Crippen LogP contribution in [0, 0.1) is 17.2 Å². The molecule has 17 heavy (non-hydrogen) atoms. The maximum Gasteiger partial charge on any atom is 0.206 e. The smallest absolute Gasteiger partial charge is 0.206 e. The van der Waals surface area contributed by atoms with Gasteiger partial charge in [0.15, 0.2) is 0 Å². The number of nitrogens with zero attached hydrogens (tertiary/aromatic N) is 1. The van der Waals surface area contributed by atoms with Gasteiger partial charge in [-0.3, -0.25) is 4.79 Å². The summed E-state index contributed by atoms with van der Waals surface area (Å²) >= 11 is 0. The predicted octanol–water partition coefficient (Wildman–Crippen LogP) is 3.25. The van der Waals surface area contributed by atoms with E-state index in [9.17, 15) is 9.90 Å². The Hall–Kier alpha value is -2.08. The summed E-state index contributed by atoms with van der Waals surface area (Å²) in [5.41, 5.74) is 0.254. The summed E-state index contributed by atoms with van der Waals surface area (Å²) in [6.07, 6.45) is 0.680. The van der Waals surface area contributed by atoms with Gasteiger partial charge in [-0.2, -0.15) is 5.26 Å². The molecule has 1 aromatic rings. The molecule has 1 unspecified atom stereocenters. The number of carbonyl (C=O) groups excluding carboxylic acids is 1. The van der Waals surface area contributed by atoms with Crippen molar-refractivity contribution >= 4 is 5.78 Å². The monoisotopic (exact) mass is 229 g/mol. The van der Waals surface area contributed by atoms with Crippen molar-refractivity contribution in [2.75, 3.05) is 0 Å². The van der Waals surface area contributed by atoms with Crippen molar-refractivity contribution in [1.82, 2.24) is 0 Å². The van der Waals surface area contributed by atoms with Crippen LogP contribution in [0.5, 0.6) is 0 Å². The summed E-state index contributed by atoms with van der Waals surface area (Å²) in [6.45, 7) is 3.67. The average molecular weight is 229 g/mol. The van der Waals surface area contributed by atoms with E-state index in [0.717, 1.165) is 0 Å². The standard InChI is InChI=1S/C14H15NO2/c1-3-10(2)13(16)12(9-15)14(17)11-7-5-4-6-8-11/h4-8,10,16H,3H2,1-2H3/b13-12-. The minimum Gasteiger partial charge on any atom is -0.511 e. The lowest BCUT2D eigenvalue weighted by Gasteiger charge is -2.09. The number of aliphatic hydroxyl groups is 1. The Labute approximate surface area is 101 Å². The lowest BCUT2D eigenvalue weighted by atomic mass is 9.97. The number of Topliss-reactive ketones (excluding diaryl/α,β-unsaturated/α-hetero) is 1. The molecular formula is C14H15NO2. The Morgan fingerprint density at radius 1 is 1.41 bits per heavy atom. The first-order chi connectivity index (χ1) is 8.11. The number of benzene rings is 1. The van der Waals surface area contributed by atoms with Crippen molar-refractivity contribution in [3.8, 4) is 6.07 Å². The van der Waals surface area contributed by atoms with Crippen LogP contribution in [-0.2, 0) is 0 Å². The topological polar surface area (TPSA) is 61.1 Å². The predicted molar refractivity (Wildman–Crippen MR) is 65.5 cm³/mol. The second-order valence-corrected chi connectivity index (χ2v) is 3.88. The Balaban J connectivity index is 3.14. The van der Waals surface area contributed by atoms with Crippen LogP contribution in [0.3, 0.4) is 0 Å². The van der Waals surface area contributed by atoms with Gasteiger partial charge in [0.2, 0.25) is 5.78 Å². The molecular weight excluding hydrogens is 214 g/mol. The van der Waals surface area contributed by atoms with E-state index in [0.29, 0.717) is 12.0 Å². The number of hydrogen-bond acceptors (Lipinski definition) is 3. The van der Waals surface area contributed by atoms with Gasteiger partial charge in [0.05, 0.1) is 0 Å². The molecule has 0 fully saturated rings. The highest BCUT2D eigenvalue weighted by molar-refractivity contribution is 6.11. The fourth-order valence-corrected chi connectivity index (χ4v) is 1.40. The number of ketones is 1. The zero-order valence-corrected chi connectivity index (χ0v) is 9.97. The van der Waals surface area contributed by atoms with E-state index in [1.165, 1.54) is 0 Å². The summed E-state index contributed by atoms with van der Waals surface area (Å²) < 4.78 is 0. The van der Waals surface area contributed by atoms with Gasteiger partial charge < -0.3 is 5.11 Å². The van der Waals surface area contributed by atoms with Crippen molar-refractivity contribution < 1.29 is 9.90 Å². The van der Waals surface area contributed by atoms with Crippen LogP contribution in [0.25, 0.3) is 0 Å². The van der Waals surface area contributed by atoms with Crippen LogP contribution in [0.15, 0.2) is 41.7 Å². The third kappa shape index (κ3) is 2.94. The van der Waals surface area contributed by atoms with Gasteiger partial charge in [-0.1, -0.05) is 44.2 Å². The molecule has 0 aromatic heterocycles. The second kappa shape index (κ2) is 5.86. The van der Waals surface area contributed by atoms with Gasteiger partial charge in [0, 0.05) is 11.5 Å². The molecule has 1 atom stereocenters. The quantitative estimate of drug-likeness (QED) is 0.373. The third-order valence-corrected chi connectivity index (χ3v) is 2.71. The molecule has 0 aliphatic carbocycles. The number of nitriles is 1. The van der Waals surface area contributed by atoms with Crippen molar-refractivity contribution in [3.63, 3.8) is 0 Å². The summed E-state index contributed by atoms with van der Waals surface area (Å²) in [4.78, 5) is 12.0. The maximum atomic E-state index is 12.0. The molecule has 3 nitrogen and oxygen atoms in total. The Kier molecular flexibility index (Phi) is 4.47. The highest BCUT2D eigenvalue weighted by atomic mass is 16.3. The molecule has 1 N–H and O–H groups in total. The van der Waals surface area contributed by atoms with Gasteiger partial charge in [0.25, 0.3) is 0 Å². The summed E-state index contributed by atoms with van der Waals surface area (Å²) in [5, 5.41) is 18.8. The van der Waals surface area contributed by atoms with Gasteiger partial charge in [-0.15, -0.1) is 0 Å². The molecule has 1 rings (SSSR count). The number of aliphatic hydroxyl groups excluding tert-OH is 1. The van der Waals surface area contributed by atoms with Gasteiger partial charge in [-0.25, -0.2) is 0 Å². The number of allylic oxidation sites excluding steroid dienone is 2. The minimum atomic E-state index is -0.425. The van der Waals surface area contributed by atoms with Gasteiger partial charge in [-0.05, 0) is 6.42 Å². The molecule has 0 amide bonds. The van der Waals surface area contributed by atoms with Gasteiger partial charge >= 0.3 is 0 Å². The van der Waals surface area contributed by atoms with Crippen LogP contribution in [0.4, 0.5) is 0 Å². The van der Waals surface area contributed by atoms with E-state index in [-0.39, 0.29) is 17.3 Å². The highest BCUT2D eigenvalue weighted by Gasteiger charge is 2.19. The Morgan fingerprint density at radius 2 is 2.00 bits per heavy atom. The molecule has 0 bridgehead atoms. The number of rotatable bonds is 4. The van der Waals surface area contributed by atoms with Crippen molar-refractivity contribution in [2.24, 2.45) is 5.92 Å². The van der Waals surface area contributed by atoms with Crippen molar-refractivity contribution in [2.45, 2.75) is 20.3 Å². The van der Waals surface area contributed by atoms with Crippen LogP contribution in [-0.4, -0.2) is 10.9 Å². The molecule has 1 aromatic carbocycles. The first-order valence-corrected chi connectivity index (χ1v) is 5.54. The molecule has 88 valence electrons. The van der Waals surface area contributed by atoms with Crippen molar-refractivity contribution in [3.05, 3.63) is 47.2 Å². The molecule has 0 aliphatic rings. The molecule has 0 heterocycles. The van der Waals surface area contributed by atoms with Crippen molar-refractivity contribution in [1.29, 1.82) is 5.26 Å². The van der Waals surface area contributed by atoms with Crippen LogP contribution in [0.1, 0.15) is 30.6 Å². The van der Waals surface area contributed by atoms with E-state index in [4.69, 9.17) is 5.26 Å². The SMILES string of the molecule is CCC(C)/C(O)=C(\C#N)C(=O)c1ccccc1. The minimum absolute atomic E-state index is 0.121. The molecule has 3 heteroatoms. The summed E-state index contributed by atoms with van der Waals surface area (Å²) in [5.74, 6) is -0.730. The molecule has 0 spiro atoms. The fraction of sp³-hybridized carbons (Fsp3) is 0.286. The van der Waals surface area contributed by atoms with E-state index in [2.05, 4.69) is 0 Å². The third-order valence-electron chi connectivity index (χ3n) is 2.71. The van der Waals surface area contributed by atoms with E-state index in [1.807, 2.05) is 6.92 Å². The van der Waals surface area contributed by atoms with Gasteiger partial charge in [0.1, 0.15) is 17.4 Å². The average Bonchev–Trinajstić information content (AvgIpc) is 2.39. The zero-order valence-electron chi connectivity index (χ0n) is 9.97. The van der Waals surface area contributed by atoms with Crippen LogP contribution < -0.4 is 0 Å². The first kappa shape index (κ1) is 13.0. The summed E-state index contributed by atoms with van der Waals surface area (Å²) in [6, 6.07) is 10.3. The van der Waals surface area contributed by atoms with Crippen LogP contribution >= 0.6 is 0 Å². The summed E-state index contributed by atoms with van der Waals surface area (Å²) in [7, 11) is 0. The molecule has 0 saturated carbocycles. The maximum absolute atomic E-state index is 12.0. The Morgan fingerprint density at radius 3 is 2.47 bits per heavy atom. The molecule has 0 radical (unpaired) electrons. The number of hydrogen-bond donors (Lipinski definition) is 1. The molecule has 0 aliphatic heterocycles. The Bertz CT molecular complexity index is 469. The highest BCUT2D eigenvalue weighted by Crippen LogP contribution is 2.18.